The van der Waals surface area contributed by atoms with Gasteiger partial charge in [-0.3, -0.25) is 0 Å². The molecule has 0 saturated carbocycles. The van der Waals surface area contributed by atoms with Crippen LogP contribution in [0.3, 0.4) is 0 Å². The highest BCUT2D eigenvalue weighted by atomic mass is 79.9. The van der Waals surface area contributed by atoms with Crippen molar-refractivity contribution in [3.63, 3.8) is 0 Å². The summed E-state index contributed by atoms with van der Waals surface area (Å²) >= 11 is 6.48. The van der Waals surface area contributed by atoms with Gasteiger partial charge in [0.1, 0.15) is 16.4 Å². The van der Waals surface area contributed by atoms with Gasteiger partial charge in [-0.1, -0.05) is 15.9 Å². The Morgan fingerprint density at radius 2 is 1.55 bits per heavy atom. The fourth-order valence-corrected chi connectivity index (χ4v) is 4.11. The summed E-state index contributed by atoms with van der Waals surface area (Å²) in [5.74, 6) is 0.847. The van der Waals surface area contributed by atoms with Gasteiger partial charge in [-0.15, -0.1) is 0 Å². The van der Waals surface area contributed by atoms with Crippen molar-refractivity contribution in [1.29, 1.82) is 0 Å². The van der Waals surface area contributed by atoms with E-state index in [4.69, 9.17) is 8.92 Å². The van der Waals surface area contributed by atoms with Gasteiger partial charge < -0.3 is 8.92 Å². The minimum absolute atomic E-state index is 0.0662. The Balaban J connectivity index is 2.30. The third-order valence-electron chi connectivity index (χ3n) is 2.43. The van der Waals surface area contributed by atoms with Crippen LogP contribution < -0.4 is 8.92 Å². The molecule has 0 saturated heterocycles. The summed E-state index contributed by atoms with van der Waals surface area (Å²) in [6.07, 6.45) is 0. The summed E-state index contributed by atoms with van der Waals surface area (Å²) in [7, 11) is -2.36. The van der Waals surface area contributed by atoms with Crippen molar-refractivity contribution in [3.8, 4) is 11.5 Å². The highest BCUT2D eigenvalue weighted by molar-refractivity contribution is 9.11. The molecule has 0 aliphatic carbocycles. The minimum Gasteiger partial charge on any atom is -0.497 e. The third-order valence-corrected chi connectivity index (χ3v) is 5.15. The van der Waals surface area contributed by atoms with E-state index in [-0.39, 0.29) is 10.6 Å². The molecule has 0 heterocycles. The van der Waals surface area contributed by atoms with E-state index in [0.29, 0.717) is 10.2 Å². The average molecular weight is 422 g/mol. The van der Waals surface area contributed by atoms with Crippen LogP contribution in [0.5, 0.6) is 11.5 Å². The third kappa shape index (κ3) is 3.53. The van der Waals surface area contributed by atoms with Crippen molar-refractivity contribution in [2.45, 2.75) is 4.90 Å². The Morgan fingerprint density at radius 1 is 0.950 bits per heavy atom. The molecule has 20 heavy (non-hydrogen) atoms. The Labute approximate surface area is 134 Å². The zero-order chi connectivity index (χ0) is 14.8. The highest BCUT2D eigenvalue weighted by Crippen LogP contribution is 2.28. The van der Waals surface area contributed by atoms with E-state index in [2.05, 4.69) is 31.9 Å². The number of benzene rings is 2. The van der Waals surface area contributed by atoms with Crippen LogP contribution in [0.15, 0.2) is 56.3 Å². The number of halogens is 2. The maximum atomic E-state index is 12.2. The van der Waals surface area contributed by atoms with Gasteiger partial charge in [-0.2, -0.15) is 8.42 Å². The fourth-order valence-electron chi connectivity index (χ4n) is 1.48. The molecular formula is C13H10Br2O4S. The van der Waals surface area contributed by atoms with Crippen molar-refractivity contribution in [2.24, 2.45) is 0 Å². The summed E-state index contributed by atoms with van der Waals surface area (Å²) in [6.45, 7) is 0. The van der Waals surface area contributed by atoms with E-state index in [0.717, 1.165) is 4.47 Å². The van der Waals surface area contributed by atoms with Crippen molar-refractivity contribution in [2.75, 3.05) is 7.11 Å². The second-order valence-electron chi connectivity index (χ2n) is 3.79. The predicted molar refractivity (Wildman–Crippen MR) is 82.6 cm³/mol. The molecule has 0 aliphatic rings. The van der Waals surface area contributed by atoms with Crippen molar-refractivity contribution in [1.82, 2.24) is 0 Å². The lowest BCUT2D eigenvalue weighted by Gasteiger charge is -2.09. The summed E-state index contributed by atoms with van der Waals surface area (Å²) in [6, 6.07) is 11.1. The molecule has 0 radical (unpaired) electrons. The first-order valence-electron chi connectivity index (χ1n) is 5.46. The second-order valence-corrected chi connectivity index (χ2v) is 7.07. The molecule has 0 N–H and O–H groups in total. The van der Waals surface area contributed by atoms with E-state index in [1.807, 2.05) is 0 Å². The van der Waals surface area contributed by atoms with E-state index >= 15 is 0 Å². The van der Waals surface area contributed by atoms with Crippen LogP contribution in [-0.2, 0) is 10.1 Å². The van der Waals surface area contributed by atoms with Gasteiger partial charge in [0.15, 0.2) is 0 Å². The van der Waals surface area contributed by atoms with Crippen molar-refractivity contribution in [3.05, 3.63) is 51.4 Å². The molecule has 7 heteroatoms. The van der Waals surface area contributed by atoms with Crippen molar-refractivity contribution < 1.29 is 17.3 Å². The molecule has 0 fully saturated rings. The van der Waals surface area contributed by atoms with Gasteiger partial charge in [0, 0.05) is 8.95 Å². The lowest BCUT2D eigenvalue weighted by Crippen LogP contribution is -2.10. The molecule has 0 atom stereocenters. The van der Waals surface area contributed by atoms with E-state index in [1.165, 1.54) is 25.3 Å². The van der Waals surface area contributed by atoms with Crippen LogP contribution in [0.4, 0.5) is 0 Å². The topological polar surface area (TPSA) is 52.6 Å². The molecule has 0 unspecified atom stereocenters. The number of hydrogen-bond acceptors (Lipinski definition) is 4. The fraction of sp³-hybridized carbons (Fsp3) is 0.0769. The summed E-state index contributed by atoms with van der Waals surface area (Å²) in [5, 5.41) is 0. The SMILES string of the molecule is COc1ccc(OS(=O)(=O)c2ccc(Br)cc2Br)cc1. The molecule has 106 valence electrons. The zero-order valence-corrected chi connectivity index (χ0v) is 14.3. The summed E-state index contributed by atoms with van der Waals surface area (Å²) < 4.78 is 35.7. The van der Waals surface area contributed by atoms with Crippen LogP contribution >= 0.6 is 31.9 Å². The molecule has 0 aliphatic heterocycles. The van der Waals surface area contributed by atoms with Gasteiger partial charge in [-0.05, 0) is 58.4 Å². The van der Waals surface area contributed by atoms with E-state index in [1.54, 1.807) is 24.3 Å². The number of ether oxygens (including phenoxy) is 1. The smallest absolute Gasteiger partial charge is 0.340 e. The van der Waals surface area contributed by atoms with Crippen LogP contribution in [-0.4, -0.2) is 15.5 Å². The average Bonchev–Trinajstić information content (AvgIpc) is 2.38. The normalized spacial score (nSPS) is 11.2. The van der Waals surface area contributed by atoms with Gasteiger partial charge in [0.25, 0.3) is 0 Å². The Bertz CT molecular complexity index is 712. The Kier molecular flexibility index (Phi) is 4.72. The van der Waals surface area contributed by atoms with Gasteiger partial charge in [0.2, 0.25) is 0 Å². The first-order chi connectivity index (χ1) is 9.42. The molecule has 0 spiro atoms. The molecule has 2 aromatic rings. The van der Waals surface area contributed by atoms with Gasteiger partial charge in [0.05, 0.1) is 7.11 Å². The van der Waals surface area contributed by atoms with Crippen LogP contribution in [0, 0.1) is 0 Å². The van der Waals surface area contributed by atoms with Gasteiger partial charge in [-0.25, -0.2) is 0 Å². The van der Waals surface area contributed by atoms with Crippen molar-refractivity contribution >= 4 is 42.0 Å². The molecule has 0 bridgehead atoms. The standard InChI is InChI=1S/C13H10Br2O4S/c1-18-10-3-5-11(6-4-10)19-20(16,17)13-7-2-9(14)8-12(13)15/h2-8H,1H3. The van der Waals surface area contributed by atoms with E-state index < -0.39 is 10.1 Å². The summed E-state index contributed by atoms with van der Waals surface area (Å²) in [5.41, 5.74) is 0. The lowest BCUT2D eigenvalue weighted by molar-refractivity contribution is 0.413. The minimum atomic E-state index is -3.89. The van der Waals surface area contributed by atoms with Crippen LogP contribution in [0.2, 0.25) is 0 Å². The largest absolute Gasteiger partial charge is 0.497 e. The molecule has 0 amide bonds. The lowest BCUT2D eigenvalue weighted by atomic mass is 10.3. The predicted octanol–water partition coefficient (Wildman–Crippen LogP) is 3.99. The molecule has 2 aromatic carbocycles. The maximum Gasteiger partial charge on any atom is 0.340 e. The monoisotopic (exact) mass is 420 g/mol. The highest BCUT2D eigenvalue weighted by Gasteiger charge is 2.20. The number of rotatable bonds is 4. The maximum absolute atomic E-state index is 12.2. The first-order valence-corrected chi connectivity index (χ1v) is 8.45. The van der Waals surface area contributed by atoms with Crippen LogP contribution in [0.25, 0.3) is 0 Å². The second kappa shape index (κ2) is 6.15. The Hall–Kier alpha value is -1.05. The van der Waals surface area contributed by atoms with Gasteiger partial charge >= 0.3 is 10.1 Å². The molecule has 2 rings (SSSR count). The number of methoxy groups -OCH3 is 1. The summed E-state index contributed by atoms with van der Waals surface area (Å²) in [4.78, 5) is 0.0662. The first kappa shape index (κ1) is 15.3. The van der Waals surface area contributed by atoms with Crippen LogP contribution in [0.1, 0.15) is 0 Å². The Morgan fingerprint density at radius 3 is 2.10 bits per heavy atom. The molecule has 0 aromatic heterocycles. The zero-order valence-electron chi connectivity index (χ0n) is 10.3. The molecular weight excluding hydrogens is 412 g/mol. The quantitative estimate of drug-likeness (QED) is 0.700. The molecule has 4 nitrogen and oxygen atoms in total. The van der Waals surface area contributed by atoms with E-state index in [9.17, 15) is 8.42 Å². The number of hydrogen-bond donors (Lipinski definition) is 0.